The molecule has 2 heterocycles. The molecule has 2 aromatic rings. The van der Waals surface area contributed by atoms with E-state index in [1.807, 2.05) is 24.3 Å². The number of piperazine rings is 1. The van der Waals surface area contributed by atoms with Gasteiger partial charge in [0.2, 0.25) is 10.0 Å². The van der Waals surface area contributed by atoms with Crippen LogP contribution in [0.1, 0.15) is 11.5 Å². The van der Waals surface area contributed by atoms with Gasteiger partial charge in [-0.05, 0) is 38.1 Å². The molecule has 0 amide bonds. The molecule has 1 aliphatic rings. The van der Waals surface area contributed by atoms with Crippen molar-refractivity contribution in [1.82, 2.24) is 9.46 Å². The van der Waals surface area contributed by atoms with Crippen molar-refractivity contribution in [2.24, 2.45) is 0 Å². The van der Waals surface area contributed by atoms with Gasteiger partial charge in [0, 0.05) is 31.9 Å². The molecule has 0 saturated carbocycles. The predicted octanol–water partition coefficient (Wildman–Crippen LogP) is 1.81. The Hall–Kier alpha value is -2.06. The van der Waals surface area contributed by atoms with E-state index in [1.54, 1.807) is 21.0 Å². The van der Waals surface area contributed by atoms with Crippen LogP contribution in [0.3, 0.4) is 0 Å². The summed E-state index contributed by atoms with van der Waals surface area (Å²) in [5.41, 5.74) is 1.47. The zero-order chi connectivity index (χ0) is 17.3. The van der Waals surface area contributed by atoms with Crippen LogP contribution >= 0.6 is 0 Å². The summed E-state index contributed by atoms with van der Waals surface area (Å²) in [5.74, 6) is 1.14. The molecule has 0 aliphatic carbocycles. The summed E-state index contributed by atoms with van der Waals surface area (Å²) in [5, 5.41) is 3.75. The Morgan fingerprint density at radius 3 is 2.21 bits per heavy atom. The SMILES string of the molecule is COc1ccc(N2CCN(S(=O)(=O)c3c(C)noc3C)CC2)cc1. The van der Waals surface area contributed by atoms with Gasteiger partial charge in [-0.3, -0.25) is 0 Å². The van der Waals surface area contributed by atoms with Gasteiger partial charge >= 0.3 is 0 Å². The zero-order valence-corrected chi connectivity index (χ0v) is 14.8. The van der Waals surface area contributed by atoms with Crippen LogP contribution < -0.4 is 9.64 Å². The van der Waals surface area contributed by atoms with Crippen molar-refractivity contribution in [1.29, 1.82) is 0 Å². The number of hydrogen-bond donors (Lipinski definition) is 0. The Morgan fingerprint density at radius 1 is 1.08 bits per heavy atom. The smallest absolute Gasteiger partial charge is 0.248 e. The fraction of sp³-hybridized carbons (Fsp3) is 0.438. The van der Waals surface area contributed by atoms with E-state index in [0.29, 0.717) is 37.6 Å². The zero-order valence-electron chi connectivity index (χ0n) is 14.0. The second-order valence-corrected chi connectivity index (χ2v) is 7.62. The lowest BCUT2D eigenvalue weighted by molar-refractivity contribution is 0.378. The Kier molecular flexibility index (Phi) is 4.51. The summed E-state index contributed by atoms with van der Waals surface area (Å²) in [6, 6.07) is 7.78. The number of benzene rings is 1. The van der Waals surface area contributed by atoms with E-state index in [9.17, 15) is 8.42 Å². The van der Waals surface area contributed by atoms with E-state index in [4.69, 9.17) is 9.26 Å². The first-order valence-corrected chi connectivity index (χ1v) is 9.19. The van der Waals surface area contributed by atoms with Crippen LogP contribution in [-0.4, -0.2) is 51.2 Å². The summed E-state index contributed by atoms with van der Waals surface area (Å²) in [6.07, 6.45) is 0. The van der Waals surface area contributed by atoms with Crippen LogP contribution in [0.4, 0.5) is 5.69 Å². The molecule has 24 heavy (non-hydrogen) atoms. The largest absolute Gasteiger partial charge is 0.497 e. The quantitative estimate of drug-likeness (QED) is 0.836. The van der Waals surface area contributed by atoms with E-state index in [0.717, 1.165) is 11.4 Å². The number of sulfonamides is 1. The molecule has 3 rings (SSSR count). The highest BCUT2D eigenvalue weighted by Gasteiger charge is 2.33. The number of aromatic nitrogens is 1. The van der Waals surface area contributed by atoms with Crippen molar-refractivity contribution in [2.75, 3.05) is 38.2 Å². The highest BCUT2D eigenvalue weighted by molar-refractivity contribution is 7.89. The number of methoxy groups -OCH3 is 1. The summed E-state index contributed by atoms with van der Waals surface area (Å²) < 4.78 is 37.3. The molecule has 0 radical (unpaired) electrons. The molecule has 130 valence electrons. The fourth-order valence-corrected chi connectivity index (χ4v) is 4.67. The van der Waals surface area contributed by atoms with Crippen molar-refractivity contribution in [3.63, 3.8) is 0 Å². The highest BCUT2D eigenvalue weighted by Crippen LogP contribution is 2.26. The second kappa shape index (κ2) is 6.45. The van der Waals surface area contributed by atoms with Gasteiger partial charge in [-0.25, -0.2) is 8.42 Å². The summed E-state index contributed by atoms with van der Waals surface area (Å²) >= 11 is 0. The predicted molar refractivity (Wildman–Crippen MR) is 89.9 cm³/mol. The summed E-state index contributed by atoms with van der Waals surface area (Å²) in [6.45, 7) is 5.40. The molecule has 1 saturated heterocycles. The minimum atomic E-state index is -3.57. The molecule has 7 nitrogen and oxygen atoms in total. The van der Waals surface area contributed by atoms with Crippen LogP contribution in [0, 0.1) is 13.8 Å². The number of anilines is 1. The molecule has 0 atom stereocenters. The first kappa shape index (κ1) is 16.8. The third-order valence-electron chi connectivity index (χ3n) is 4.24. The molecule has 0 unspecified atom stereocenters. The molecule has 1 fully saturated rings. The molecule has 0 spiro atoms. The van der Waals surface area contributed by atoms with Gasteiger partial charge in [0.15, 0.2) is 5.76 Å². The second-order valence-electron chi connectivity index (χ2n) is 5.74. The Morgan fingerprint density at radius 2 is 1.71 bits per heavy atom. The van der Waals surface area contributed by atoms with Crippen molar-refractivity contribution >= 4 is 15.7 Å². The first-order chi connectivity index (χ1) is 11.4. The van der Waals surface area contributed by atoms with Crippen molar-refractivity contribution < 1.29 is 17.7 Å². The van der Waals surface area contributed by atoms with Crippen molar-refractivity contribution in [2.45, 2.75) is 18.7 Å². The lowest BCUT2D eigenvalue weighted by atomic mass is 10.2. The molecule has 1 aromatic heterocycles. The molecule has 0 bridgehead atoms. The van der Waals surface area contributed by atoms with Crippen LogP contribution in [-0.2, 0) is 10.0 Å². The Balaban J connectivity index is 1.72. The average Bonchev–Trinajstić information content (AvgIpc) is 2.94. The van der Waals surface area contributed by atoms with E-state index in [1.165, 1.54) is 4.31 Å². The lowest BCUT2D eigenvalue weighted by Gasteiger charge is -2.35. The lowest BCUT2D eigenvalue weighted by Crippen LogP contribution is -2.48. The summed E-state index contributed by atoms with van der Waals surface area (Å²) in [7, 11) is -1.93. The van der Waals surface area contributed by atoms with Crippen molar-refractivity contribution in [3.8, 4) is 5.75 Å². The number of hydrogen-bond acceptors (Lipinski definition) is 6. The monoisotopic (exact) mass is 351 g/mol. The Bertz CT molecular complexity index is 787. The van der Waals surface area contributed by atoms with Crippen molar-refractivity contribution in [3.05, 3.63) is 35.7 Å². The van der Waals surface area contributed by atoms with Gasteiger partial charge in [0.25, 0.3) is 0 Å². The van der Waals surface area contributed by atoms with E-state index in [-0.39, 0.29) is 4.90 Å². The van der Waals surface area contributed by atoms with E-state index >= 15 is 0 Å². The van der Waals surface area contributed by atoms with E-state index < -0.39 is 10.0 Å². The highest BCUT2D eigenvalue weighted by atomic mass is 32.2. The summed E-state index contributed by atoms with van der Waals surface area (Å²) in [4.78, 5) is 2.36. The molecular weight excluding hydrogens is 330 g/mol. The third kappa shape index (κ3) is 2.99. The van der Waals surface area contributed by atoms with Gasteiger partial charge in [-0.2, -0.15) is 4.31 Å². The van der Waals surface area contributed by atoms with Crippen LogP contribution in [0.2, 0.25) is 0 Å². The van der Waals surface area contributed by atoms with Gasteiger partial charge < -0.3 is 14.2 Å². The fourth-order valence-electron chi connectivity index (χ4n) is 2.95. The molecule has 8 heteroatoms. The van der Waals surface area contributed by atoms with Gasteiger partial charge in [0.05, 0.1) is 7.11 Å². The van der Waals surface area contributed by atoms with Crippen LogP contribution in [0.5, 0.6) is 5.75 Å². The van der Waals surface area contributed by atoms with Gasteiger partial charge in [0.1, 0.15) is 16.3 Å². The standard InChI is InChI=1S/C16H21N3O4S/c1-12-16(13(2)23-17-12)24(20,21)19-10-8-18(9-11-19)14-4-6-15(22-3)7-5-14/h4-7H,8-11H2,1-3H3. The van der Waals surface area contributed by atoms with E-state index in [2.05, 4.69) is 10.1 Å². The molecule has 1 aliphatic heterocycles. The average molecular weight is 351 g/mol. The molecule has 1 aromatic carbocycles. The normalized spacial score (nSPS) is 16.4. The first-order valence-electron chi connectivity index (χ1n) is 7.75. The number of ether oxygens (including phenoxy) is 1. The topological polar surface area (TPSA) is 75.9 Å². The maximum absolute atomic E-state index is 12.8. The van der Waals surface area contributed by atoms with Crippen LogP contribution in [0.25, 0.3) is 0 Å². The molecular formula is C16H21N3O4S. The molecule has 0 N–H and O–H groups in total. The van der Waals surface area contributed by atoms with Gasteiger partial charge in [-0.1, -0.05) is 5.16 Å². The number of nitrogens with zero attached hydrogens (tertiary/aromatic N) is 3. The van der Waals surface area contributed by atoms with Gasteiger partial charge in [-0.15, -0.1) is 0 Å². The number of aryl methyl sites for hydroxylation is 2. The minimum absolute atomic E-state index is 0.195. The maximum atomic E-state index is 12.8. The maximum Gasteiger partial charge on any atom is 0.248 e. The minimum Gasteiger partial charge on any atom is -0.497 e. The number of rotatable bonds is 4. The third-order valence-corrected chi connectivity index (χ3v) is 6.39. The van der Waals surface area contributed by atoms with Crippen LogP contribution in [0.15, 0.2) is 33.7 Å². The Labute approximate surface area is 141 Å².